The van der Waals surface area contributed by atoms with Gasteiger partial charge in [0.2, 0.25) is 0 Å². The lowest BCUT2D eigenvalue weighted by Gasteiger charge is -2.13. The van der Waals surface area contributed by atoms with Crippen LogP contribution in [-0.4, -0.2) is 36.6 Å². The van der Waals surface area contributed by atoms with E-state index in [0.29, 0.717) is 24.3 Å². The van der Waals surface area contributed by atoms with Crippen LogP contribution < -0.4 is 10.6 Å². The van der Waals surface area contributed by atoms with E-state index in [0.717, 1.165) is 32.3 Å². The molecule has 2 N–H and O–H groups in total. The monoisotopic (exact) mass is 363 g/mol. The number of carbonyl (C=O) groups is 1. The van der Waals surface area contributed by atoms with E-state index < -0.39 is 4.92 Å². The van der Waals surface area contributed by atoms with Gasteiger partial charge in [-0.3, -0.25) is 14.9 Å². The van der Waals surface area contributed by atoms with Gasteiger partial charge in [0.15, 0.2) is 0 Å². The predicted octanol–water partition coefficient (Wildman–Crippen LogP) is 3.89. The second-order valence-electron chi connectivity index (χ2n) is 6.68. The molecule has 1 aliphatic rings. The molecule has 7 nitrogen and oxygen atoms in total. The molecule has 1 amide bonds. The Balaban J connectivity index is 1.89. The Bertz CT molecular complexity index is 600. The van der Waals surface area contributed by atoms with Crippen LogP contribution in [0.25, 0.3) is 0 Å². The van der Waals surface area contributed by atoms with Crippen molar-refractivity contribution in [3.8, 4) is 0 Å². The topological polar surface area (TPSA) is 93.5 Å². The SMILES string of the molecule is CCCCCCCNC(=O)c1ccc(NC[C@H]2CCCO2)c([N+](=O)[O-])c1. The lowest BCUT2D eigenvalue weighted by Crippen LogP contribution is -2.24. The van der Waals surface area contributed by atoms with Crippen LogP contribution in [0.3, 0.4) is 0 Å². The van der Waals surface area contributed by atoms with Crippen LogP contribution in [-0.2, 0) is 4.74 Å². The number of ether oxygens (including phenoxy) is 1. The summed E-state index contributed by atoms with van der Waals surface area (Å²) in [7, 11) is 0. The summed E-state index contributed by atoms with van der Waals surface area (Å²) < 4.78 is 5.52. The van der Waals surface area contributed by atoms with Gasteiger partial charge < -0.3 is 15.4 Å². The van der Waals surface area contributed by atoms with Gasteiger partial charge in [-0.15, -0.1) is 0 Å². The molecular weight excluding hydrogens is 334 g/mol. The number of hydrogen-bond acceptors (Lipinski definition) is 5. The number of benzene rings is 1. The van der Waals surface area contributed by atoms with Gasteiger partial charge in [-0.1, -0.05) is 32.6 Å². The Hall–Kier alpha value is -2.15. The molecule has 0 aliphatic carbocycles. The molecule has 1 aromatic rings. The van der Waals surface area contributed by atoms with Crippen LogP contribution in [0.1, 0.15) is 62.2 Å². The molecule has 1 atom stereocenters. The number of amides is 1. The fraction of sp³-hybridized carbons (Fsp3) is 0.632. The number of rotatable bonds is 11. The third-order valence-corrected chi connectivity index (χ3v) is 4.57. The van der Waals surface area contributed by atoms with Gasteiger partial charge >= 0.3 is 0 Å². The molecule has 1 heterocycles. The maximum absolute atomic E-state index is 12.2. The normalized spacial score (nSPS) is 16.4. The quantitative estimate of drug-likeness (QED) is 0.353. The summed E-state index contributed by atoms with van der Waals surface area (Å²) in [4.78, 5) is 23.1. The Morgan fingerprint density at radius 3 is 2.81 bits per heavy atom. The molecular formula is C19H29N3O4. The zero-order valence-corrected chi connectivity index (χ0v) is 15.5. The van der Waals surface area contributed by atoms with Crippen molar-refractivity contribution in [1.82, 2.24) is 5.32 Å². The second-order valence-corrected chi connectivity index (χ2v) is 6.68. The molecule has 144 valence electrons. The molecule has 0 bridgehead atoms. The standard InChI is InChI=1S/C19H29N3O4/c1-2-3-4-5-6-11-20-19(23)15-9-10-17(18(13-15)22(24)25)21-14-16-8-7-12-26-16/h9-10,13,16,21H,2-8,11-12,14H2,1H3,(H,20,23)/t16-/m1/s1. The van der Waals surface area contributed by atoms with Gasteiger partial charge in [-0.05, 0) is 31.4 Å². The zero-order chi connectivity index (χ0) is 18.8. The average Bonchev–Trinajstić information content (AvgIpc) is 3.16. The van der Waals surface area contributed by atoms with Crippen molar-refractivity contribution in [1.29, 1.82) is 0 Å². The van der Waals surface area contributed by atoms with Gasteiger partial charge in [0, 0.05) is 31.3 Å². The number of hydrogen-bond donors (Lipinski definition) is 2. The van der Waals surface area contributed by atoms with Crippen molar-refractivity contribution < 1.29 is 14.5 Å². The molecule has 0 aromatic heterocycles. The third kappa shape index (κ3) is 6.29. The Labute approximate surface area is 154 Å². The number of nitrogens with one attached hydrogen (secondary N) is 2. The molecule has 26 heavy (non-hydrogen) atoms. The van der Waals surface area contributed by atoms with E-state index in [2.05, 4.69) is 17.6 Å². The molecule has 0 unspecified atom stereocenters. The number of carbonyl (C=O) groups excluding carboxylic acids is 1. The van der Waals surface area contributed by atoms with Crippen LogP contribution in [0.15, 0.2) is 18.2 Å². The van der Waals surface area contributed by atoms with E-state index in [4.69, 9.17) is 4.74 Å². The second kappa shape index (κ2) is 10.8. The van der Waals surface area contributed by atoms with E-state index in [1.807, 2.05) is 0 Å². The molecule has 1 aromatic carbocycles. The lowest BCUT2D eigenvalue weighted by molar-refractivity contribution is -0.384. The van der Waals surface area contributed by atoms with Crippen LogP contribution in [0, 0.1) is 10.1 Å². The third-order valence-electron chi connectivity index (χ3n) is 4.57. The summed E-state index contributed by atoms with van der Waals surface area (Å²) in [6.45, 7) is 4.03. The minimum absolute atomic E-state index is 0.0846. The fourth-order valence-corrected chi connectivity index (χ4v) is 3.04. The zero-order valence-electron chi connectivity index (χ0n) is 15.5. The van der Waals surface area contributed by atoms with Crippen LogP contribution >= 0.6 is 0 Å². The van der Waals surface area contributed by atoms with Gasteiger partial charge in [-0.2, -0.15) is 0 Å². The first-order chi connectivity index (χ1) is 12.6. The predicted molar refractivity (Wildman–Crippen MR) is 102 cm³/mol. The van der Waals surface area contributed by atoms with Crippen molar-refractivity contribution in [2.24, 2.45) is 0 Å². The van der Waals surface area contributed by atoms with E-state index in [-0.39, 0.29) is 17.7 Å². The average molecular weight is 363 g/mol. The van der Waals surface area contributed by atoms with Gasteiger partial charge in [0.1, 0.15) is 5.69 Å². The Morgan fingerprint density at radius 2 is 2.12 bits per heavy atom. The number of unbranched alkanes of at least 4 members (excludes halogenated alkanes) is 4. The molecule has 7 heteroatoms. The maximum atomic E-state index is 12.2. The van der Waals surface area contributed by atoms with Crippen molar-refractivity contribution in [3.05, 3.63) is 33.9 Å². The van der Waals surface area contributed by atoms with Gasteiger partial charge in [0.05, 0.1) is 11.0 Å². The Kier molecular flexibility index (Phi) is 8.34. The molecule has 0 radical (unpaired) electrons. The highest BCUT2D eigenvalue weighted by Crippen LogP contribution is 2.26. The number of nitro benzene ring substituents is 1. The number of nitro groups is 1. The van der Waals surface area contributed by atoms with Gasteiger partial charge in [0.25, 0.3) is 11.6 Å². The van der Waals surface area contributed by atoms with Crippen LogP contribution in [0.5, 0.6) is 0 Å². The molecule has 1 fully saturated rings. The fourth-order valence-electron chi connectivity index (χ4n) is 3.04. The first-order valence-electron chi connectivity index (χ1n) is 9.54. The van der Waals surface area contributed by atoms with Gasteiger partial charge in [-0.25, -0.2) is 0 Å². The molecule has 0 saturated carbocycles. The Morgan fingerprint density at radius 1 is 1.31 bits per heavy atom. The summed E-state index contributed by atoms with van der Waals surface area (Å²) in [6.07, 6.45) is 7.64. The summed E-state index contributed by atoms with van der Waals surface area (Å²) in [5, 5.41) is 17.3. The van der Waals surface area contributed by atoms with Crippen molar-refractivity contribution in [2.75, 3.05) is 25.0 Å². The molecule has 2 rings (SSSR count). The highest BCUT2D eigenvalue weighted by Gasteiger charge is 2.20. The largest absolute Gasteiger partial charge is 0.377 e. The maximum Gasteiger partial charge on any atom is 0.293 e. The lowest BCUT2D eigenvalue weighted by atomic mass is 10.1. The highest BCUT2D eigenvalue weighted by molar-refractivity contribution is 5.95. The minimum Gasteiger partial charge on any atom is -0.377 e. The summed E-state index contributed by atoms with van der Waals surface area (Å²) >= 11 is 0. The number of nitrogens with zero attached hydrogens (tertiary/aromatic N) is 1. The van der Waals surface area contributed by atoms with Crippen LogP contribution in [0.4, 0.5) is 11.4 Å². The smallest absolute Gasteiger partial charge is 0.293 e. The number of anilines is 1. The van der Waals surface area contributed by atoms with E-state index in [9.17, 15) is 14.9 Å². The summed E-state index contributed by atoms with van der Waals surface area (Å²) in [6, 6.07) is 4.56. The van der Waals surface area contributed by atoms with Crippen molar-refractivity contribution >= 4 is 17.3 Å². The molecule has 1 saturated heterocycles. The van der Waals surface area contributed by atoms with E-state index in [1.165, 1.54) is 25.3 Å². The van der Waals surface area contributed by atoms with E-state index >= 15 is 0 Å². The van der Waals surface area contributed by atoms with Crippen LogP contribution in [0.2, 0.25) is 0 Å². The highest BCUT2D eigenvalue weighted by atomic mass is 16.6. The molecule has 0 spiro atoms. The minimum atomic E-state index is -0.459. The molecule has 1 aliphatic heterocycles. The van der Waals surface area contributed by atoms with Crippen molar-refractivity contribution in [3.63, 3.8) is 0 Å². The van der Waals surface area contributed by atoms with Crippen molar-refractivity contribution in [2.45, 2.75) is 58.0 Å². The first-order valence-corrected chi connectivity index (χ1v) is 9.54. The summed E-state index contributed by atoms with van der Waals surface area (Å²) in [5.41, 5.74) is 0.646. The first kappa shape index (κ1) is 20.2. The summed E-state index contributed by atoms with van der Waals surface area (Å²) in [5.74, 6) is -0.269. The van der Waals surface area contributed by atoms with E-state index in [1.54, 1.807) is 12.1 Å².